The zero-order valence-corrected chi connectivity index (χ0v) is 9.89. The van der Waals surface area contributed by atoms with Gasteiger partial charge in [-0.1, -0.05) is 6.08 Å². The second-order valence-corrected chi connectivity index (χ2v) is 4.17. The summed E-state index contributed by atoms with van der Waals surface area (Å²) in [4.78, 5) is 46.9. The van der Waals surface area contributed by atoms with E-state index in [9.17, 15) is 19.2 Å². The van der Waals surface area contributed by atoms with Crippen LogP contribution in [0.2, 0.25) is 0 Å². The van der Waals surface area contributed by atoms with Crippen LogP contribution in [0.4, 0.5) is 0 Å². The molecule has 0 saturated carbocycles. The number of carbonyl (C=O) groups is 2. The molecule has 1 N–H and O–H groups in total. The molecule has 0 radical (unpaired) electrons. The van der Waals surface area contributed by atoms with E-state index in [4.69, 9.17) is 4.74 Å². The molecule has 1 aromatic heterocycles. The molecule has 2 unspecified atom stereocenters. The maximum Gasteiger partial charge on any atom is 0.330 e. The monoisotopic (exact) mass is 264 g/mol. The predicted octanol–water partition coefficient (Wildman–Crippen LogP) is -0.750. The fraction of sp³-hybridized carbons (Fsp3) is 0.333. The first-order valence-electron chi connectivity index (χ1n) is 5.62. The van der Waals surface area contributed by atoms with E-state index in [1.807, 2.05) is 0 Å². The number of carbonyl (C=O) groups excluding carboxylic acids is 2. The van der Waals surface area contributed by atoms with Crippen LogP contribution in [-0.4, -0.2) is 28.2 Å². The minimum Gasteiger partial charge on any atom is -0.349 e. The Kier molecular flexibility index (Phi) is 3.57. The number of nitrogens with one attached hydrogen (secondary N) is 1. The Morgan fingerprint density at radius 1 is 1.26 bits per heavy atom. The number of nitrogens with zero attached hydrogens (tertiary/aromatic N) is 1. The van der Waals surface area contributed by atoms with Gasteiger partial charge < -0.3 is 14.3 Å². The Hall–Kier alpha value is -2.28. The van der Waals surface area contributed by atoms with E-state index >= 15 is 0 Å². The van der Waals surface area contributed by atoms with Crippen LogP contribution in [0, 0.1) is 11.8 Å². The first-order valence-corrected chi connectivity index (χ1v) is 5.62. The van der Waals surface area contributed by atoms with Crippen molar-refractivity contribution in [1.29, 1.82) is 0 Å². The summed E-state index contributed by atoms with van der Waals surface area (Å²) < 4.78 is 6.57. The van der Waals surface area contributed by atoms with Crippen molar-refractivity contribution in [1.82, 2.24) is 9.55 Å². The summed E-state index contributed by atoms with van der Waals surface area (Å²) in [6.07, 6.45) is 2.26. The number of aldehydes is 2. The van der Waals surface area contributed by atoms with Crippen LogP contribution in [0.3, 0.4) is 0 Å². The molecule has 7 heteroatoms. The molecule has 0 spiro atoms. The molecular formula is C12H12N2O5. The fourth-order valence-electron chi connectivity index (χ4n) is 2.17. The third-order valence-corrected chi connectivity index (χ3v) is 3.12. The smallest absolute Gasteiger partial charge is 0.330 e. The van der Waals surface area contributed by atoms with E-state index in [-0.39, 0.29) is 0 Å². The van der Waals surface area contributed by atoms with Crippen molar-refractivity contribution in [2.24, 2.45) is 11.8 Å². The minimum atomic E-state index is -0.931. The molecule has 0 aliphatic carbocycles. The van der Waals surface area contributed by atoms with Crippen molar-refractivity contribution in [3.8, 4) is 0 Å². The van der Waals surface area contributed by atoms with E-state index < -0.39 is 35.4 Å². The first kappa shape index (κ1) is 13.2. The second kappa shape index (κ2) is 5.15. The second-order valence-electron chi connectivity index (χ2n) is 4.17. The SMILES string of the molecule is C=C[C@H]1O[C@@H](n2ccc(=O)[nH]c2=O)C(C=O)C1C=O. The van der Waals surface area contributed by atoms with Crippen molar-refractivity contribution in [3.63, 3.8) is 0 Å². The summed E-state index contributed by atoms with van der Waals surface area (Å²) in [7, 11) is 0. The van der Waals surface area contributed by atoms with E-state index in [1.165, 1.54) is 12.3 Å². The molecule has 0 bridgehead atoms. The molecule has 100 valence electrons. The highest BCUT2D eigenvalue weighted by atomic mass is 16.5. The van der Waals surface area contributed by atoms with Gasteiger partial charge in [-0.3, -0.25) is 14.3 Å². The Morgan fingerprint density at radius 2 is 1.95 bits per heavy atom. The predicted molar refractivity (Wildman–Crippen MR) is 64.5 cm³/mol. The fourth-order valence-corrected chi connectivity index (χ4v) is 2.17. The molecule has 19 heavy (non-hydrogen) atoms. The lowest BCUT2D eigenvalue weighted by molar-refractivity contribution is -0.119. The number of rotatable bonds is 4. The van der Waals surface area contributed by atoms with Gasteiger partial charge in [0.15, 0.2) is 0 Å². The Bertz CT molecular complexity index is 617. The molecule has 0 aromatic carbocycles. The lowest BCUT2D eigenvalue weighted by Crippen LogP contribution is -2.34. The topological polar surface area (TPSA) is 98.2 Å². The molecule has 1 saturated heterocycles. The molecule has 1 fully saturated rings. The Labute approximate surface area is 107 Å². The zero-order valence-electron chi connectivity index (χ0n) is 9.89. The van der Waals surface area contributed by atoms with Gasteiger partial charge in [0.25, 0.3) is 5.56 Å². The van der Waals surface area contributed by atoms with Gasteiger partial charge in [-0.15, -0.1) is 6.58 Å². The van der Waals surface area contributed by atoms with Crippen molar-refractivity contribution in [2.45, 2.75) is 12.3 Å². The van der Waals surface area contributed by atoms with Gasteiger partial charge in [0, 0.05) is 12.3 Å². The number of hydrogen-bond acceptors (Lipinski definition) is 5. The number of ether oxygens (including phenoxy) is 1. The molecule has 0 amide bonds. The van der Waals surface area contributed by atoms with E-state index in [1.54, 1.807) is 0 Å². The maximum atomic E-state index is 11.7. The van der Waals surface area contributed by atoms with Crippen LogP contribution in [-0.2, 0) is 14.3 Å². The Balaban J connectivity index is 2.46. The van der Waals surface area contributed by atoms with Gasteiger partial charge in [-0.05, 0) is 0 Å². The summed E-state index contributed by atoms with van der Waals surface area (Å²) in [6.45, 7) is 3.53. The average molecular weight is 264 g/mol. The van der Waals surface area contributed by atoms with Gasteiger partial charge in [0.05, 0.1) is 17.9 Å². The van der Waals surface area contributed by atoms with E-state index in [2.05, 4.69) is 11.6 Å². The summed E-state index contributed by atoms with van der Waals surface area (Å²) in [5, 5.41) is 0. The Morgan fingerprint density at radius 3 is 2.47 bits per heavy atom. The molecule has 1 aliphatic heterocycles. The van der Waals surface area contributed by atoms with Crippen molar-refractivity contribution >= 4 is 12.6 Å². The standard InChI is InChI=1S/C12H12N2O5/c1-2-9-7(5-15)8(6-16)11(19-9)14-4-3-10(17)13-12(14)18/h2-9,11H,1H2,(H,13,17,18)/t7?,8?,9-,11-/m1/s1. The van der Waals surface area contributed by atoms with Crippen LogP contribution >= 0.6 is 0 Å². The lowest BCUT2D eigenvalue weighted by Gasteiger charge is -2.16. The molecule has 7 nitrogen and oxygen atoms in total. The quantitative estimate of drug-likeness (QED) is 0.570. The molecular weight excluding hydrogens is 252 g/mol. The van der Waals surface area contributed by atoms with E-state index in [0.29, 0.717) is 12.6 Å². The molecule has 1 aliphatic rings. The van der Waals surface area contributed by atoms with Crippen LogP contribution in [0.5, 0.6) is 0 Å². The number of aromatic amines is 1. The third kappa shape index (κ3) is 2.19. The molecule has 1 aromatic rings. The van der Waals surface area contributed by atoms with E-state index in [0.717, 1.165) is 10.6 Å². The largest absolute Gasteiger partial charge is 0.349 e. The summed E-state index contributed by atoms with van der Waals surface area (Å²) in [5.74, 6) is -1.50. The van der Waals surface area contributed by atoms with Crippen molar-refractivity contribution < 1.29 is 14.3 Å². The number of aromatic nitrogens is 2. The van der Waals surface area contributed by atoms with Gasteiger partial charge >= 0.3 is 5.69 Å². The van der Waals surface area contributed by atoms with Gasteiger partial charge in [0.1, 0.15) is 18.8 Å². The summed E-state index contributed by atoms with van der Waals surface area (Å²) in [6, 6.07) is 1.14. The van der Waals surface area contributed by atoms with Crippen molar-refractivity contribution in [2.75, 3.05) is 0 Å². The van der Waals surface area contributed by atoms with Gasteiger partial charge in [-0.25, -0.2) is 4.79 Å². The highest BCUT2D eigenvalue weighted by Gasteiger charge is 2.44. The summed E-state index contributed by atoms with van der Waals surface area (Å²) in [5.41, 5.74) is -1.24. The van der Waals surface area contributed by atoms with Gasteiger partial charge in [-0.2, -0.15) is 0 Å². The average Bonchev–Trinajstić information content (AvgIpc) is 2.76. The lowest BCUT2D eigenvalue weighted by atomic mass is 9.91. The van der Waals surface area contributed by atoms with Crippen LogP contribution < -0.4 is 11.2 Å². The molecule has 2 heterocycles. The number of H-pyrrole nitrogens is 1. The molecule has 2 rings (SSSR count). The zero-order chi connectivity index (χ0) is 14.0. The van der Waals surface area contributed by atoms with Crippen LogP contribution in [0.1, 0.15) is 6.23 Å². The third-order valence-electron chi connectivity index (χ3n) is 3.12. The van der Waals surface area contributed by atoms with Gasteiger partial charge in [0.2, 0.25) is 0 Å². The summed E-state index contributed by atoms with van der Waals surface area (Å²) >= 11 is 0. The number of hydrogen-bond donors (Lipinski definition) is 1. The highest BCUT2D eigenvalue weighted by molar-refractivity contribution is 5.67. The maximum absolute atomic E-state index is 11.7. The first-order chi connectivity index (χ1) is 9.12. The van der Waals surface area contributed by atoms with Crippen LogP contribution in [0.25, 0.3) is 0 Å². The van der Waals surface area contributed by atoms with Crippen molar-refractivity contribution in [3.05, 3.63) is 45.8 Å². The normalized spacial score (nSPS) is 29.9. The minimum absolute atomic E-state index is 0.547. The highest BCUT2D eigenvalue weighted by Crippen LogP contribution is 2.36. The van der Waals surface area contributed by atoms with Crippen LogP contribution in [0.15, 0.2) is 34.5 Å². The molecule has 4 atom stereocenters.